The SMILES string of the molecule is CCCCc1ccc(C#Cc2ccc(SC)cc2)cc1. The molecule has 0 spiro atoms. The molecular formula is C19H20S. The summed E-state index contributed by atoms with van der Waals surface area (Å²) < 4.78 is 0. The number of unbranched alkanes of at least 4 members (excludes halogenated alkanes) is 1. The van der Waals surface area contributed by atoms with Crippen LogP contribution in [0.2, 0.25) is 0 Å². The summed E-state index contributed by atoms with van der Waals surface area (Å²) in [7, 11) is 0. The Balaban J connectivity index is 2.04. The molecule has 20 heavy (non-hydrogen) atoms. The first-order chi connectivity index (χ1) is 9.81. The lowest BCUT2D eigenvalue weighted by Gasteiger charge is -1.99. The van der Waals surface area contributed by atoms with Crippen LogP contribution in [0.4, 0.5) is 0 Å². The molecule has 0 amide bonds. The number of benzene rings is 2. The van der Waals surface area contributed by atoms with Crippen molar-refractivity contribution in [2.45, 2.75) is 31.1 Å². The molecule has 0 N–H and O–H groups in total. The lowest BCUT2D eigenvalue weighted by molar-refractivity contribution is 0.795. The third kappa shape index (κ3) is 4.47. The molecule has 1 heteroatoms. The minimum atomic E-state index is 1.07. The van der Waals surface area contributed by atoms with Crippen molar-refractivity contribution in [3.05, 3.63) is 65.2 Å². The van der Waals surface area contributed by atoms with Gasteiger partial charge in [0, 0.05) is 16.0 Å². The van der Waals surface area contributed by atoms with Gasteiger partial charge in [-0.05, 0) is 61.1 Å². The zero-order chi connectivity index (χ0) is 14.2. The van der Waals surface area contributed by atoms with Crippen molar-refractivity contribution < 1.29 is 0 Å². The molecule has 0 heterocycles. The van der Waals surface area contributed by atoms with E-state index in [1.807, 2.05) is 0 Å². The van der Waals surface area contributed by atoms with Crippen LogP contribution in [-0.4, -0.2) is 6.26 Å². The van der Waals surface area contributed by atoms with Gasteiger partial charge in [0.1, 0.15) is 0 Å². The average Bonchev–Trinajstić information content (AvgIpc) is 2.52. The standard InChI is InChI=1S/C19H20S/c1-3-4-5-16-6-8-17(9-7-16)10-11-18-12-14-19(20-2)15-13-18/h6-9,12-15H,3-5H2,1-2H3. The summed E-state index contributed by atoms with van der Waals surface area (Å²) in [5.74, 6) is 6.44. The van der Waals surface area contributed by atoms with Crippen LogP contribution in [0, 0.1) is 11.8 Å². The van der Waals surface area contributed by atoms with Crippen LogP contribution < -0.4 is 0 Å². The smallest absolute Gasteiger partial charge is 0.0249 e. The third-order valence-electron chi connectivity index (χ3n) is 3.21. The van der Waals surface area contributed by atoms with Gasteiger partial charge >= 0.3 is 0 Å². The van der Waals surface area contributed by atoms with Crippen LogP contribution in [0.3, 0.4) is 0 Å². The van der Waals surface area contributed by atoms with Crippen LogP contribution in [0.15, 0.2) is 53.4 Å². The Morgan fingerprint density at radius 2 is 1.40 bits per heavy atom. The molecule has 0 bridgehead atoms. The van der Waals surface area contributed by atoms with Crippen molar-refractivity contribution in [3.63, 3.8) is 0 Å². The number of aryl methyl sites for hydroxylation is 1. The summed E-state index contributed by atoms with van der Waals surface area (Å²) in [4.78, 5) is 1.27. The maximum Gasteiger partial charge on any atom is 0.0249 e. The van der Waals surface area contributed by atoms with Crippen molar-refractivity contribution in [3.8, 4) is 11.8 Å². The molecular weight excluding hydrogens is 260 g/mol. The fourth-order valence-corrected chi connectivity index (χ4v) is 2.36. The molecule has 0 saturated carbocycles. The van der Waals surface area contributed by atoms with Crippen LogP contribution in [0.25, 0.3) is 0 Å². The molecule has 0 nitrogen and oxygen atoms in total. The summed E-state index contributed by atoms with van der Waals surface area (Å²) in [5.41, 5.74) is 3.55. The average molecular weight is 280 g/mol. The summed E-state index contributed by atoms with van der Waals surface area (Å²) >= 11 is 1.75. The second-order valence-corrected chi connectivity index (χ2v) is 5.66. The minimum absolute atomic E-state index is 1.07. The van der Waals surface area contributed by atoms with Gasteiger partial charge in [-0.1, -0.05) is 37.3 Å². The highest BCUT2D eigenvalue weighted by molar-refractivity contribution is 7.98. The quantitative estimate of drug-likeness (QED) is 0.551. The highest BCUT2D eigenvalue weighted by Gasteiger charge is 1.93. The zero-order valence-corrected chi connectivity index (χ0v) is 13.0. The van der Waals surface area contributed by atoms with Crippen molar-refractivity contribution in [1.29, 1.82) is 0 Å². The van der Waals surface area contributed by atoms with Crippen molar-refractivity contribution in [2.24, 2.45) is 0 Å². The molecule has 0 aliphatic rings. The Morgan fingerprint density at radius 1 is 0.850 bits per heavy atom. The molecule has 102 valence electrons. The molecule has 0 aliphatic heterocycles. The molecule has 0 saturated heterocycles. The van der Waals surface area contributed by atoms with Gasteiger partial charge in [-0.25, -0.2) is 0 Å². The summed E-state index contributed by atoms with van der Waals surface area (Å²) in [6, 6.07) is 17.0. The van der Waals surface area contributed by atoms with E-state index in [0.29, 0.717) is 0 Å². The second-order valence-electron chi connectivity index (χ2n) is 4.78. The van der Waals surface area contributed by atoms with Gasteiger partial charge < -0.3 is 0 Å². The summed E-state index contributed by atoms with van der Waals surface area (Å²) in [5, 5.41) is 0. The number of hydrogen-bond acceptors (Lipinski definition) is 1. The van der Waals surface area contributed by atoms with E-state index in [1.165, 1.54) is 29.7 Å². The predicted molar refractivity (Wildman–Crippen MR) is 89.3 cm³/mol. The fraction of sp³-hybridized carbons (Fsp3) is 0.263. The largest absolute Gasteiger partial charge is 0.130 e. The lowest BCUT2D eigenvalue weighted by Crippen LogP contribution is -1.84. The second kappa shape index (κ2) is 7.82. The van der Waals surface area contributed by atoms with E-state index in [0.717, 1.165) is 11.1 Å². The van der Waals surface area contributed by atoms with E-state index < -0.39 is 0 Å². The summed E-state index contributed by atoms with van der Waals surface area (Å²) in [6.45, 7) is 2.22. The molecule has 0 fully saturated rings. The van der Waals surface area contributed by atoms with Crippen molar-refractivity contribution in [2.75, 3.05) is 6.26 Å². The topological polar surface area (TPSA) is 0 Å². The zero-order valence-electron chi connectivity index (χ0n) is 12.1. The highest BCUT2D eigenvalue weighted by atomic mass is 32.2. The maximum absolute atomic E-state index is 3.22. The molecule has 0 aromatic heterocycles. The Hall–Kier alpha value is -1.65. The van der Waals surface area contributed by atoms with E-state index in [-0.39, 0.29) is 0 Å². The molecule has 0 radical (unpaired) electrons. The van der Waals surface area contributed by atoms with E-state index >= 15 is 0 Å². The van der Waals surface area contributed by atoms with Gasteiger partial charge in [0.2, 0.25) is 0 Å². The van der Waals surface area contributed by atoms with E-state index in [9.17, 15) is 0 Å². The molecule has 0 unspecified atom stereocenters. The lowest BCUT2D eigenvalue weighted by atomic mass is 10.1. The molecule has 0 aliphatic carbocycles. The first kappa shape index (κ1) is 14.8. The van der Waals surface area contributed by atoms with Gasteiger partial charge in [0.05, 0.1) is 0 Å². The van der Waals surface area contributed by atoms with Crippen LogP contribution in [0.5, 0.6) is 0 Å². The first-order valence-corrected chi connectivity index (χ1v) is 8.29. The third-order valence-corrected chi connectivity index (χ3v) is 3.96. The molecule has 0 atom stereocenters. The Morgan fingerprint density at radius 3 is 1.90 bits per heavy atom. The van der Waals surface area contributed by atoms with Gasteiger partial charge in [0.15, 0.2) is 0 Å². The number of rotatable bonds is 4. The van der Waals surface area contributed by atoms with Crippen molar-refractivity contribution in [1.82, 2.24) is 0 Å². The van der Waals surface area contributed by atoms with Crippen LogP contribution in [-0.2, 0) is 6.42 Å². The van der Waals surface area contributed by atoms with E-state index in [1.54, 1.807) is 11.8 Å². The van der Waals surface area contributed by atoms with E-state index in [4.69, 9.17) is 0 Å². The number of hydrogen-bond donors (Lipinski definition) is 0. The predicted octanol–water partition coefficient (Wildman–Crippen LogP) is 5.15. The van der Waals surface area contributed by atoms with Gasteiger partial charge in [-0.2, -0.15) is 0 Å². The fourth-order valence-electron chi connectivity index (χ4n) is 1.95. The first-order valence-electron chi connectivity index (χ1n) is 7.07. The van der Waals surface area contributed by atoms with Gasteiger partial charge in [0.25, 0.3) is 0 Å². The van der Waals surface area contributed by atoms with Gasteiger partial charge in [-0.3, -0.25) is 0 Å². The molecule has 2 aromatic rings. The van der Waals surface area contributed by atoms with Crippen LogP contribution >= 0.6 is 11.8 Å². The maximum atomic E-state index is 3.22. The summed E-state index contributed by atoms with van der Waals surface area (Å²) in [6.07, 6.45) is 5.75. The van der Waals surface area contributed by atoms with Crippen LogP contribution in [0.1, 0.15) is 36.5 Å². The van der Waals surface area contributed by atoms with Gasteiger partial charge in [-0.15, -0.1) is 11.8 Å². The minimum Gasteiger partial charge on any atom is -0.130 e. The Kier molecular flexibility index (Phi) is 5.77. The normalized spacial score (nSPS) is 9.90. The Labute approximate surface area is 126 Å². The molecule has 2 rings (SSSR count). The molecule has 2 aromatic carbocycles. The monoisotopic (exact) mass is 280 g/mol. The Bertz CT molecular complexity index is 582. The van der Waals surface area contributed by atoms with Crippen molar-refractivity contribution >= 4 is 11.8 Å². The number of thioether (sulfide) groups is 1. The van der Waals surface area contributed by atoms with E-state index in [2.05, 4.69) is 73.6 Å². The highest BCUT2D eigenvalue weighted by Crippen LogP contribution is 2.14.